The number of carbonyl (C=O) groups is 1. The van der Waals surface area contributed by atoms with Crippen molar-refractivity contribution in [3.63, 3.8) is 0 Å². The van der Waals surface area contributed by atoms with E-state index in [2.05, 4.69) is 0 Å². The van der Waals surface area contributed by atoms with E-state index >= 15 is 0 Å². The van der Waals surface area contributed by atoms with Crippen LogP contribution in [-0.2, 0) is 21.3 Å². The molecule has 8 heteroatoms. The van der Waals surface area contributed by atoms with Gasteiger partial charge in [-0.3, -0.25) is 10.1 Å². The molecule has 0 spiro atoms. The summed E-state index contributed by atoms with van der Waals surface area (Å²) in [4.78, 5) is 20.9. The van der Waals surface area contributed by atoms with Crippen LogP contribution in [-0.4, -0.2) is 19.1 Å². The molecule has 0 aliphatic carbocycles. The zero-order valence-electron chi connectivity index (χ0n) is 13.8. The molecule has 132 valence electrons. The van der Waals surface area contributed by atoms with Gasteiger partial charge in [0.2, 0.25) is 0 Å². The highest BCUT2D eigenvalue weighted by Gasteiger charge is 2.29. The van der Waals surface area contributed by atoms with Crippen LogP contribution in [0.2, 0.25) is 0 Å². The molecule has 0 unspecified atom stereocenters. The minimum atomic E-state index is -4.35. The van der Waals surface area contributed by atoms with Gasteiger partial charge < -0.3 is 8.98 Å². The van der Waals surface area contributed by atoms with Gasteiger partial charge in [0, 0.05) is 12.5 Å². The predicted octanol–water partition coefficient (Wildman–Crippen LogP) is 3.19. The molecular formula is C17H17NO6S. The van der Waals surface area contributed by atoms with Gasteiger partial charge in [-0.25, -0.2) is 0 Å². The Balaban J connectivity index is 2.28. The number of rotatable bonds is 7. The number of aryl methyl sites for hydroxylation is 2. The molecule has 0 N–H and O–H groups in total. The first-order valence-electron chi connectivity index (χ1n) is 7.47. The topological polar surface area (TPSA) is 104 Å². The fourth-order valence-electron chi connectivity index (χ4n) is 2.31. The first-order chi connectivity index (χ1) is 11.7. The van der Waals surface area contributed by atoms with Gasteiger partial charge in [0.1, 0.15) is 11.5 Å². The zero-order chi connectivity index (χ0) is 18.6. The van der Waals surface area contributed by atoms with E-state index in [-0.39, 0.29) is 17.1 Å². The van der Waals surface area contributed by atoms with Crippen molar-refractivity contribution in [2.75, 3.05) is 0 Å². The highest BCUT2D eigenvalue weighted by Crippen LogP contribution is 2.29. The Hall–Kier alpha value is -2.74. The number of nitro groups is 1. The van der Waals surface area contributed by atoms with Crippen LogP contribution in [0.3, 0.4) is 0 Å². The molecule has 0 bridgehead atoms. The van der Waals surface area contributed by atoms with Crippen molar-refractivity contribution in [2.24, 2.45) is 0 Å². The largest absolute Gasteiger partial charge is 0.379 e. The maximum atomic E-state index is 12.5. The van der Waals surface area contributed by atoms with Crippen molar-refractivity contribution >= 4 is 21.6 Å². The van der Waals surface area contributed by atoms with Crippen LogP contribution >= 0.6 is 0 Å². The molecule has 0 atom stereocenters. The molecule has 0 radical (unpaired) electrons. The molecule has 0 aliphatic heterocycles. The molecule has 0 heterocycles. The summed E-state index contributed by atoms with van der Waals surface area (Å²) in [5.74, 6) is 0.110. The number of nitrogens with zero attached hydrogens (tertiary/aromatic N) is 1. The van der Waals surface area contributed by atoms with E-state index < -0.39 is 25.6 Å². The van der Waals surface area contributed by atoms with Crippen molar-refractivity contribution in [2.45, 2.75) is 31.6 Å². The van der Waals surface area contributed by atoms with E-state index in [1.807, 2.05) is 0 Å². The summed E-state index contributed by atoms with van der Waals surface area (Å²) >= 11 is 0. The first-order valence-corrected chi connectivity index (χ1v) is 8.88. The molecule has 0 aromatic heterocycles. The smallest absolute Gasteiger partial charge is 0.346 e. The number of carbonyl (C=O) groups excluding carboxylic acids is 1. The molecule has 7 nitrogen and oxygen atoms in total. The minimum Gasteiger partial charge on any atom is -0.379 e. The third kappa shape index (κ3) is 4.63. The van der Waals surface area contributed by atoms with E-state index in [9.17, 15) is 23.3 Å². The molecule has 2 aromatic rings. The SMILES string of the molecule is CC(=O)CCc1ccc(OS(=O)(=O)c2c(C)cccc2[N+](=O)[O-])cc1. The molecule has 2 aromatic carbocycles. The highest BCUT2D eigenvalue weighted by atomic mass is 32.2. The van der Waals surface area contributed by atoms with Crippen molar-refractivity contribution < 1.29 is 22.3 Å². The Morgan fingerprint density at radius 2 is 1.80 bits per heavy atom. The molecular weight excluding hydrogens is 346 g/mol. The Labute approximate surface area is 145 Å². The van der Waals surface area contributed by atoms with E-state index in [1.165, 1.54) is 38.1 Å². The number of ketones is 1. The third-order valence-corrected chi connectivity index (χ3v) is 4.98. The number of nitro benzene ring substituents is 1. The minimum absolute atomic E-state index is 0.0455. The monoisotopic (exact) mass is 363 g/mol. The summed E-state index contributed by atoms with van der Waals surface area (Å²) in [5, 5.41) is 11.1. The summed E-state index contributed by atoms with van der Waals surface area (Å²) in [6, 6.07) is 10.2. The van der Waals surface area contributed by atoms with Crippen molar-refractivity contribution in [1.29, 1.82) is 0 Å². The second-order valence-corrected chi connectivity index (χ2v) is 7.05. The summed E-state index contributed by atoms with van der Waals surface area (Å²) in [7, 11) is -4.35. The van der Waals surface area contributed by atoms with Gasteiger partial charge in [0.15, 0.2) is 4.90 Å². The van der Waals surface area contributed by atoms with Crippen molar-refractivity contribution in [1.82, 2.24) is 0 Å². The van der Waals surface area contributed by atoms with Crippen LogP contribution in [0, 0.1) is 17.0 Å². The lowest BCUT2D eigenvalue weighted by Crippen LogP contribution is -2.13. The van der Waals surface area contributed by atoms with E-state index in [0.29, 0.717) is 12.8 Å². The molecule has 0 saturated carbocycles. The molecule has 25 heavy (non-hydrogen) atoms. The molecule has 0 fully saturated rings. The second-order valence-electron chi connectivity index (χ2n) is 5.56. The van der Waals surface area contributed by atoms with E-state index in [4.69, 9.17) is 4.18 Å². The van der Waals surface area contributed by atoms with Gasteiger partial charge in [-0.1, -0.05) is 24.3 Å². The van der Waals surface area contributed by atoms with Crippen LogP contribution in [0.1, 0.15) is 24.5 Å². The Bertz CT molecular complexity index is 903. The van der Waals surface area contributed by atoms with Gasteiger partial charge in [-0.05, 0) is 43.5 Å². The van der Waals surface area contributed by atoms with Crippen molar-refractivity contribution in [3.05, 3.63) is 63.7 Å². The fourth-order valence-corrected chi connectivity index (χ4v) is 3.62. The van der Waals surface area contributed by atoms with Gasteiger partial charge in [0.25, 0.3) is 5.69 Å². The second kappa shape index (κ2) is 7.43. The molecule has 0 saturated heterocycles. The maximum absolute atomic E-state index is 12.5. The summed E-state index contributed by atoms with van der Waals surface area (Å²) < 4.78 is 30.0. The van der Waals surface area contributed by atoms with E-state index in [0.717, 1.165) is 11.6 Å². The van der Waals surface area contributed by atoms with Crippen molar-refractivity contribution in [3.8, 4) is 5.75 Å². The Morgan fingerprint density at radius 1 is 1.16 bits per heavy atom. The van der Waals surface area contributed by atoms with E-state index in [1.54, 1.807) is 12.1 Å². The molecule has 2 rings (SSSR count). The van der Waals surface area contributed by atoms with Crippen LogP contribution in [0.5, 0.6) is 5.75 Å². The van der Waals surface area contributed by atoms with Gasteiger partial charge in [-0.15, -0.1) is 0 Å². The van der Waals surface area contributed by atoms with Gasteiger partial charge in [0.05, 0.1) is 4.92 Å². The third-order valence-electron chi connectivity index (χ3n) is 3.53. The summed E-state index contributed by atoms with van der Waals surface area (Å²) in [6.07, 6.45) is 0.944. The molecule has 0 aliphatic rings. The average molecular weight is 363 g/mol. The fraction of sp³-hybridized carbons (Fsp3) is 0.235. The Kier molecular flexibility index (Phi) is 5.53. The van der Waals surface area contributed by atoms with Gasteiger partial charge in [-0.2, -0.15) is 8.42 Å². The molecule has 0 amide bonds. The number of hydrogen-bond acceptors (Lipinski definition) is 6. The number of Topliss-reactive ketones (excluding diaryl/α,β-unsaturated/α-hetero) is 1. The summed E-state index contributed by atoms with van der Waals surface area (Å²) in [6.45, 7) is 2.97. The van der Waals surface area contributed by atoms with Crippen LogP contribution < -0.4 is 4.18 Å². The van der Waals surface area contributed by atoms with Crippen LogP contribution in [0.4, 0.5) is 5.69 Å². The predicted molar refractivity (Wildman–Crippen MR) is 91.1 cm³/mol. The number of hydrogen-bond donors (Lipinski definition) is 0. The van der Waals surface area contributed by atoms with Gasteiger partial charge >= 0.3 is 10.1 Å². The van der Waals surface area contributed by atoms with Crippen LogP contribution in [0.25, 0.3) is 0 Å². The van der Waals surface area contributed by atoms with Crippen LogP contribution in [0.15, 0.2) is 47.4 Å². The quantitative estimate of drug-likeness (QED) is 0.425. The first kappa shape index (κ1) is 18.6. The standard InChI is InChI=1S/C17H17NO6S/c1-12-4-3-5-16(18(20)21)17(12)25(22,23)24-15-10-8-14(9-11-15)7-6-13(2)19/h3-5,8-11H,6-7H2,1-2H3. The average Bonchev–Trinajstić information content (AvgIpc) is 2.53. The highest BCUT2D eigenvalue weighted by molar-refractivity contribution is 7.87. The zero-order valence-corrected chi connectivity index (χ0v) is 14.6. The lowest BCUT2D eigenvalue weighted by molar-refractivity contribution is -0.388. The summed E-state index contributed by atoms with van der Waals surface area (Å²) in [5.41, 5.74) is 0.562. The number of benzene rings is 2. The Morgan fingerprint density at radius 3 is 2.36 bits per heavy atom. The normalized spacial score (nSPS) is 11.1. The maximum Gasteiger partial charge on any atom is 0.346 e. The lowest BCUT2D eigenvalue weighted by Gasteiger charge is -2.10. The lowest BCUT2D eigenvalue weighted by atomic mass is 10.1.